The molecule has 0 aliphatic heterocycles. The van der Waals surface area contributed by atoms with Gasteiger partial charge in [0, 0.05) is 29.8 Å². The minimum atomic E-state index is -3.02. The smallest absolute Gasteiger partial charge is 0.152 e. The van der Waals surface area contributed by atoms with Crippen LogP contribution in [0.4, 0.5) is 5.82 Å². The Morgan fingerprint density at radius 2 is 2.09 bits per heavy atom. The lowest BCUT2D eigenvalue weighted by atomic mass is 10.0. The van der Waals surface area contributed by atoms with Gasteiger partial charge in [-0.1, -0.05) is 12.1 Å². The minimum absolute atomic E-state index is 0.111. The van der Waals surface area contributed by atoms with Crippen LogP contribution in [0, 0.1) is 0 Å². The van der Waals surface area contributed by atoms with Gasteiger partial charge in [-0.2, -0.15) is 5.10 Å². The molecule has 0 fully saturated rings. The number of fused-ring (bicyclic) bond motifs is 3. The minimum Gasteiger partial charge on any atom is -0.382 e. The summed E-state index contributed by atoms with van der Waals surface area (Å²) in [7, 11) is -3.02. The molecule has 7 heteroatoms. The SMILES string of the molecule is CCn1cc2c(n1)c(N)nc1cccc(CCS(C)(=O)=O)c12. The standard InChI is InChI=1S/C15H18N4O2S/c1-3-19-9-11-13-10(7-8-22(2,20)21)5-4-6-12(13)17-15(16)14(11)18-19/h4-6,9H,3,7-8H2,1-2H3,(H2,16,17). The van der Waals surface area contributed by atoms with Crippen LogP contribution >= 0.6 is 0 Å². The molecule has 2 aromatic heterocycles. The molecule has 0 saturated heterocycles. The van der Waals surface area contributed by atoms with Crippen molar-refractivity contribution in [3.8, 4) is 0 Å². The first-order valence-corrected chi connectivity index (χ1v) is 9.17. The molecule has 0 atom stereocenters. The summed E-state index contributed by atoms with van der Waals surface area (Å²) < 4.78 is 24.7. The quantitative estimate of drug-likeness (QED) is 0.791. The van der Waals surface area contributed by atoms with E-state index in [-0.39, 0.29) is 5.75 Å². The topological polar surface area (TPSA) is 90.9 Å². The fourth-order valence-electron chi connectivity index (χ4n) is 2.63. The third-order valence-electron chi connectivity index (χ3n) is 3.71. The zero-order valence-corrected chi connectivity index (χ0v) is 13.4. The van der Waals surface area contributed by atoms with Crippen molar-refractivity contribution in [1.82, 2.24) is 14.8 Å². The van der Waals surface area contributed by atoms with E-state index in [1.807, 2.05) is 36.0 Å². The van der Waals surface area contributed by atoms with Gasteiger partial charge in [-0.15, -0.1) is 0 Å². The summed E-state index contributed by atoms with van der Waals surface area (Å²) in [5.41, 5.74) is 8.39. The van der Waals surface area contributed by atoms with Crippen molar-refractivity contribution >= 4 is 37.5 Å². The molecule has 0 radical (unpaired) electrons. The van der Waals surface area contributed by atoms with Gasteiger partial charge in [0.05, 0.1) is 11.3 Å². The first kappa shape index (κ1) is 14.8. The number of hydrogen-bond donors (Lipinski definition) is 1. The number of rotatable bonds is 4. The van der Waals surface area contributed by atoms with Gasteiger partial charge in [-0.25, -0.2) is 13.4 Å². The molecular weight excluding hydrogens is 300 g/mol. The van der Waals surface area contributed by atoms with Crippen molar-refractivity contribution in [2.24, 2.45) is 0 Å². The summed E-state index contributed by atoms with van der Waals surface area (Å²) in [5.74, 6) is 0.509. The van der Waals surface area contributed by atoms with Crippen LogP contribution in [0.3, 0.4) is 0 Å². The molecular formula is C15H18N4O2S. The first-order valence-electron chi connectivity index (χ1n) is 7.11. The molecule has 22 heavy (non-hydrogen) atoms. The van der Waals surface area contributed by atoms with Crippen LogP contribution in [0.2, 0.25) is 0 Å². The number of hydrogen-bond acceptors (Lipinski definition) is 5. The highest BCUT2D eigenvalue weighted by atomic mass is 32.2. The Morgan fingerprint density at radius 1 is 1.32 bits per heavy atom. The van der Waals surface area contributed by atoms with Crippen LogP contribution in [-0.2, 0) is 22.8 Å². The second kappa shape index (κ2) is 5.24. The highest BCUT2D eigenvalue weighted by Gasteiger charge is 2.14. The van der Waals surface area contributed by atoms with Crippen LogP contribution in [-0.4, -0.2) is 35.2 Å². The van der Waals surface area contributed by atoms with Crippen molar-refractivity contribution < 1.29 is 8.42 Å². The highest BCUT2D eigenvalue weighted by Crippen LogP contribution is 2.30. The van der Waals surface area contributed by atoms with E-state index in [4.69, 9.17) is 5.73 Å². The second-order valence-corrected chi connectivity index (χ2v) is 7.70. The lowest BCUT2D eigenvalue weighted by Gasteiger charge is -2.07. The molecule has 116 valence electrons. The number of nitrogen functional groups attached to an aromatic ring is 1. The van der Waals surface area contributed by atoms with E-state index < -0.39 is 9.84 Å². The average Bonchev–Trinajstić information content (AvgIpc) is 2.89. The molecule has 2 heterocycles. The predicted octanol–water partition coefficient (Wildman–Crippen LogP) is 1.77. The number of pyridine rings is 1. The Hall–Kier alpha value is -2.15. The molecule has 6 nitrogen and oxygen atoms in total. The largest absolute Gasteiger partial charge is 0.382 e. The molecule has 0 unspecified atom stereocenters. The predicted molar refractivity (Wildman–Crippen MR) is 88.5 cm³/mol. The summed E-state index contributed by atoms with van der Waals surface area (Å²) in [5, 5.41) is 6.31. The van der Waals surface area contributed by atoms with Crippen molar-refractivity contribution in [2.45, 2.75) is 19.9 Å². The lowest BCUT2D eigenvalue weighted by Crippen LogP contribution is -2.06. The maximum absolute atomic E-state index is 11.5. The van der Waals surface area contributed by atoms with Crippen LogP contribution in [0.15, 0.2) is 24.4 Å². The zero-order chi connectivity index (χ0) is 15.9. The molecule has 0 aliphatic carbocycles. The van der Waals surface area contributed by atoms with E-state index in [0.717, 1.165) is 28.4 Å². The summed E-state index contributed by atoms with van der Waals surface area (Å²) in [6.07, 6.45) is 3.65. The van der Waals surface area contributed by atoms with Gasteiger partial charge in [0.15, 0.2) is 5.82 Å². The van der Waals surface area contributed by atoms with Gasteiger partial charge in [0.25, 0.3) is 0 Å². The number of sulfone groups is 1. The molecule has 0 bridgehead atoms. The molecule has 2 N–H and O–H groups in total. The second-order valence-electron chi connectivity index (χ2n) is 5.44. The lowest BCUT2D eigenvalue weighted by molar-refractivity contribution is 0.601. The van der Waals surface area contributed by atoms with E-state index in [9.17, 15) is 8.42 Å². The molecule has 0 amide bonds. The Bertz CT molecular complexity index is 960. The third kappa shape index (κ3) is 2.64. The molecule has 0 aliphatic rings. The Kier molecular flexibility index (Phi) is 3.52. The fourth-order valence-corrected chi connectivity index (χ4v) is 3.22. The molecule has 0 spiro atoms. The van der Waals surface area contributed by atoms with Crippen LogP contribution in [0.5, 0.6) is 0 Å². The van der Waals surface area contributed by atoms with Crippen LogP contribution in [0.1, 0.15) is 12.5 Å². The highest BCUT2D eigenvalue weighted by molar-refractivity contribution is 7.90. The van der Waals surface area contributed by atoms with Gasteiger partial charge in [-0.3, -0.25) is 4.68 Å². The maximum atomic E-state index is 11.5. The van der Waals surface area contributed by atoms with Crippen LogP contribution < -0.4 is 5.73 Å². The first-order chi connectivity index (χ1) is 10.4. The van der Waals surface area contributed by atoms with Gasteiger partial charge in [0.1, 0.15) is 15.4 Å². The van der Waals surface area contributed by atoms with Gasteiger partial charge in [0.2, 0.25) is 0 Å². The van der Waals surface area contributed by atoms with E-state index in [1.165, 1.54) is 6.26 Å². The van der Waals surface area contributed by atoms with Crippen molar-refractivity contribution in [2.75, 3.05) is 17.7 Å². The van der Waals surface area contributed by atoms with Gasteiger partial charge in [-0.05, 0) is 25.0 Å². The monoisotopic (exact) mass is 318 g/mol. The van der Waals surface area contributed by atoms with E-state index in [1.54, 1.807) is 0 Å². The van der Waals surface area contributed by atoms with E-state index >= 15 is 0 Å². The number of anilines is 1. The van der Waals surface area contributed by atoms with Gasteiger partial charge < -0.3 is 5.73 Å². The number of aromatic nitrogens is 3. The number of nitrogens with zero attached hydrogens (tertiary/aromatic N) is 3. The molecule has 3 aromatic rings. The third-order valence-corrected chi connectivity index (χ3v) is 4.66. The number of aryl methyl sites for hydroxylation is 2. The molecule has 1 aromatic carbocycles. The Morgan fingerprint density at radius 3 is 2.77 bits per heavy atom. The summed E-state index contributed by atoms with van der Waals surface area (Å²) in [6, 6.07) is 5.70. The maximum Gasteiger partial charge on any atom is 0.152 e. The van der Waals surface area contributed by atoms with Crippen molar-refractivity contribution in [1.29, 1.82) is 0 Å². The zero-order valence-electron chi connectivity index (χ0n) is 12.6. The molecule has 0 saturated carbocycles. The average molecular weight is 318 g/mol. The van der Waals surface area contributed by atoms with E-state index in [0.29, 0.717) is 17.8 Å². The molecule has 3 rings (SSSR count). The van der Waals surface area contributed by atoms with E-state index in [2.05, 4.69) is 10.1 Å². The number of nitrogens with two attached hydrogens (primary N) is 1. The Labute approximate surface area is 128 Å². The summed E-state index contributed by atoms with van der Waals surface area (Å²) in [6.45, 7) is 2.74. The van der Waals surface area contributed by atoms with Crippen LogP contribution in [0.25, 0.3) is 21.8 Å². The number of benzene rings is 1. The summed E-state index contributed by atoms with van der Waals surface area (Å²) in [4.78, 5) is 4.41. The van der Waals surface area contributed by atoms with Crippen molar-refractivity contribution in [3.05, 3.63) is 30.0 Å². The fraction of sp³-hybridized carbons (Fsp3) is 0.333. The summed E-state index contributed by atoms with van der Waals surface area (Å²) >= 11 is 0. The van der Waals surface area contributed by atoms with Gasteiger partial charge >= 0.3 is 0 Å². The Balaban J connectivity index is 2.27. The van der Waals surface area contributed by atoms with Crippen molar-refractivity contribution in [3.63, 3.8) is 0 Å². The normalized spacial score (nSPS) is 12.3.